The third-order valence-electron chi connectivity index (χ3n) is 11.6. The molecular weight excluding hydrogens is 673 g/mol. The van der Waals surface area contributed by atoms with Crippen LogP contribution in [0.4, 0.5) is 0 Å². The van der Waals surface area contributed by atoms with Gasteiger partial charge in [-0.3, -0.25) is 0 Å². The Morgan fingerprint density at radius 3 is 1.09 bits per heavy atom. The lowest BCUT2D eigenvalue weighted by atomic mass is 9.83. The Hall–Kier alpha value is -7.28. The van der Waals surface area contributed by atoms with Crippen LogP contribution in [0.2, 0.25) is 0 Å². The van der Waals surface area contributed by atoms with Crippen molar-refractivity contribution in [3.05, 3.63) is 218 Å². The van der Waals surface area contributed by atoms with Crippen molar-refractivity contribution in [1.82, 2.24) is 0 Å². The number of benzene rings is 11. The Kier molecular flexibility index (Phi) is 7.60. The summed E-state index contributed by atoms with van der Waals surface area (Å²) >= 11 is 0. The molecule has 0 aliphatic heterocycles. The molecule has 56 heavy (non-hydrogen) atoms. The van der Waals surface area contributed by atoms with Gasteiger partial charge in [-0.25, -0.2) is 0 Å². The Morgan fingerprint density at radius 1 is 0.161 bits per heavy atom. The van der Waals surface area contributed by atoms with Crippen molar-refractivity contribution in [2.75, 3.05) is 0 Å². The third kappa shape index (κ3) is 5.54. The van der Waals surface area contributed by atoms with Crippen LogP contribution in [-0.2, 0) is 0 Å². The van der Waals surface area contributed by atoms with Crippen molar-refractivity contribution >= 4 is 53.9 Å². The number of hydrogen-bond donors (Lipinski definition) is 0. The highest BCUT2D eigenvalue weighted by Gasteiger charge is 2.19. The van der Waals surface area contributed by atoms with Crippen LogP contribution in [0.5, 0.6) is 0 Å². The minimum absolute atomic E-state index is 1.20. The molecule has 0 heteroatoms. The summed E-state index contributed by atoms with van der Waals surface area (Å²) in [7, 11) is 0. The van der Waals surface area contributed by atoms with Crippen LogP contribution in [-0.4, -0.2) is 0 Å². The maximum Gasteiger partial charge on any atom is -0.00257 e. The topological polar surface area (TPSA) is 0 Å². The van der Waals surface area contributed by atoms with E-state index in [1.54, 1.807) is 0 Å². The van der Waals surface area contributed by atoms with Crippen LogP contribution in [0, 0.1) is 0 Å². The standard InChI is InChI=1S/C56H36/c1-2-12-37(13-3-1)46-28-29-53-54(36-46)56(52-21-11-10-20-51(52)55(53)47-27-24-40-16-6-9-19-43(40)32-47)50-34-48(44-25-22-38-14-4-7-17-41(38)30-44)33-49(35-50)45-26-23-39-15-5-8-18-42(39)31-45/h1-36H. The van der Waals surface area contributed by atoms with Gasteiger partial charge >= 0.3 is 0 Å². The molecule has 0 aliphatic rings. The zero-order chi connectivity index (χ0) is 37.0. The fraction of sp³-hybridized carbons (Fsp3) is 0. The summed E-state index contributed by atoms with van der Waals surface area (Å²) in [6.07, 6.45) is 0. The smallest absolute Gasteiger partial charge is 0.00257 e. The largest absolute Gasteiger partial charge is 0.0622 e. The molecule has 0 radical (unpaired) electrons. The maximum absolute atomic E-state index is 2.43. The number of hydrogen-bond acceptors (Lipinski definition) is 0. The van der Waals surface area contributed by atoms with E-state index in [1.165, 1.54) is 109 Å². The second-order valence-corrected chi connectivity index (χ2v) is 14.9. The van der Waals surface area contributed by atoms with Crippen LogP contribution >= 0.6 is 0 Å². The van der Waals surface area contributed by atoms with E-state index >= 15 is 0 Å². The van der Waals surface area contributed by atoms with Gasteiger partial charge in [0.1, 0.15) is 0 Å². The third-order valence-corrected chi connectivity index (χ3v) is 11.6. The minimum Gasteiger partial charge on any atom is -0.0622 e. The van der Waals surface area contributed by atoms with Crippen LogP contribution in [0.1, 0.15) is 0 Å². The summed E-state index contributed by atoms with van der Waals surface area (Å²) < 4.78 is 0. The maximum atomic E-state index is 2.43. The van der Waals surface area contributed by atoms with E-state index < -0.39 is 0 Å². The molecule has 0 bridgehead atoms. The quantitative estimate of drug-likeness (QED) is 0.156. The molecule has 260 valence electrons. The van der Waals surface area contributed by atoms with Gasteiger partial charge in [0.25, 0.3) is 0 Å². The predicted octanol–water partition coefficient (Wildman–Crippen LogP) is 15.8. The van der Waals surface area contributed by atoms with Crippen LogP contribution < -0.4 is 0 Å². The monoisotopic (exact) mass is 708 g/mol. The summed E-state index contributed by atoms with van der Waals surface area (Å²) in [5.74, 6) is 0. The van der Waals surface area contributed by atoms with E-state index in [9.17, 15) is 0 Å². The zero-order valence-corrected chi connectivity index (χ0v) is 30.8. The van der Waals surface area contributed by atoms with Crippen molar-refractivity contribution < 1.29 is 0 Å². The molecule has 11 aromatic carbocycles. The lowest BCUT2D eigenvalue weighted by Gasteiger charge is -2.20. The highest BCUT2D eigenvalue weighted by molar-refractivity contribution is 6.22. The zero-order valence-electron chi connectivity index (χ0n) is 30.8. The summed E-state index contributed by atoms with van der Waals surface area (Å²) in [5, 5.41) is 12.5. The lowest BCUT2D eigenvalue weighted by Crippen LogP contribution is -1.93. The van der Waals surface area contributed by atoms with Gasteiger partial charge in [-0.1, -0.05) is 176 Å². The normalized spacial score (nSPS) is 11.6. The van der Waals surface area contributed by atoms with Gasteiger partial charge in [0.15, 0.2) is 0 Å². The Balaban J connectivity index is 1.24. The SMILES string of the molecule is c1ccc(-c2ccc3c(-c4ccc5ccccc5c4)c4ccccc4c(-c4cc(-c5ccc6ccccc6c5)cc(-c5ccc6ccccc6c5)c4)c3c2)cc1. The van der Waals surface area contributed by atoms with Gasteiger partial charge in [0.2, 0.25) is 0 Å². The van der Waals surface area contributed by atoms with Crippen molar-refractivity contribution in [2.45, 2.75) is 0 Å². The number of fused-ring (bicyclic) bond motifs is 5. The van der Waals surface area contributed by atoms with Gasteiger partial charge < -0.3 is 0 Å². The molecule has 0 unspecified atom stereocenters. The van der Waals surface area contributed by atoms with Crippen molar-refractivity contribution in [1.29, 1.82) is 0 Å². The molecule has 11 rings (SSSR count). The highest BCUT2D eigenvalue weighted by atomic mass is 14.2. The molecule has 0 amide bonds. The van der Waals surface area contributed by atoms with Crippen LogP contribution in [0.15, 0.2) is 218 Å². The molecule has 0 nitrogen and oxygen atoms in total. The Morgan fingerprint density at radius 2 is 0.536 bits per heavy atom. The summed E-state index contributed by atoms with van der Waals surface area (Å²) in [6, 6.07) is 80.7. The van der Waals surface area contributed by atoms with Crippen LogP contribution in [0.25, 0.3) is 109 Å². The molecule has 0 saturated heterocycles. The van der Waals surface area contributed by atoms with Gasteiger partial charge in [-0.15, -0.1) is 0 Å². The van der Waals surface area contributed by atoms with E-state index in [4.69, 9.17) is 0 Å². The molecule has 0 saturated carbocycles. The second-order valence-electron chi connectivity index (χ2n) is 14.9. The molecule has 11 aromatic rings. The first kappa shape index (κ1) is 32.2. The van der Waals surface area contributed by atoms with Crippen LogP contribution in [0.3, 0.4) is 0 Å². The Bertz CT molecular complexity index is 3200. The molecule has 0 heterocycles. The van der Waals surface area contributed by atoms with Gasteiger partial charge in [-0.05, 0) is 152 Å². The second kappa shape index (κ2) is 13.2. The first-order valence-electron chi connectivity index (χ1n) is 19.4. The predicted molar refractivity (Wildman–Crippen MR) is 241 cm³/mol. The van der Waals surface area contributed by atoms with Gasteiger partial charge in [0.05, 0.1) is 0 Å². The summed E-state index contributed by atoms with van der Waals surface area (Å²) in [5.41, 5.74) is 12.2. The van der Waals surface area contributed by atoms with Gasteiger partial charge in [-0.2, -0.15) is 0 Å². The molecule has 0 aliphatic carbocycles. The van der Waals surface area contributed by atoms with E-state index in [2.05, 4.69) is 218 Å². The van der Waals surface area contributed by atoms with Crippen molar-refractivity contribution in [2.24, 2.45) is 0 Å². The van der Waals surface area contributed by atoms with E-state index in [1.807, 2.05) is 0 Å². The molecular formula is C56H36. The minimum atomic E-state index is 1.20. The van der Waals surface area contributed by atoms with E-state index in [-0.39, 0.29) is 0 Å². The van der Waals surface area contributed by atoms with Crippen molar-refractivity contribution in [3.63, 3.8) is 0 Å². The highest BCUT2D eigenvalue weighted by Crippen LogP contribution is 2.47. The van der Waals surface area contributed by atoms with E-state index in [0.29, 0.717) is 0 Å². The Labute approximate surface area is 326 Å². The summed E-state index contributed by atoms with van der Waals surface area (Å²) in [4.78, 5) is 0. The first-order chi connectivity index (χ1) is 27.7. The molecule has 0 spiro atoms. The summed E-state index contributed by atoms with van der Waals surface area (Å²) in [6.45, 7) is 0. The molecule has 0 fully saturated rings. The fourth-order valence-electron chi connectivity index (χ4n) is 8.80. The molecule has 0 atom stereocenters. The van der Waals surface area contributed by atoms with Gasteiger partial charge in [0, 0.05) is 0 Å². The molecule has 0 N–H and O–H groups in total. The molecule has 0 aromatic heterocycles. The lowest BCUT2D eigenvalue weighted by molar-refractivity contribution is 1.60. The number of rotatable bonds is 5. The average Bonchev–Trinajstić information content (AvgIpc) is 3.27. The van der Waals surface area contributed by atoms with Crippen molar-refractivity contribution in [3.8, 4) is 55.6 Å². The fourth-order valence-corrected chi connectivity index (χ4v) is 8.80. The first-order valence-corrected chi connectivity index (χ1v) is 19.4. The van der Waals surface area contributed by atoms with E-state index in [0.717, 1.165) is 0 Å². The average molecular weight is 709 g/mol.